The molecule has 0 aliphatic carbocycles. The maximum absolute atomic E-state index is 11.9. The van der Waals surface area contributed by atoms with Crippen LogP contribution in [0.25, 0.3) is 0 Å². The summed E-state index contributed by atoms with van der Waals surface area (Å²) in [6, 6.07) is -0.258. The van der Waals surface area contributed by atoms with Crippen LogP contribution in [0.5, 0.6) is 0 Å². The summed E-state index contributed by atoms with van der Waals surface area (Å²) < 4.78 is 9.76. The molecule has 6 nitrogen and oxygen atoms in total. The average Bonchev–Trinajstić information content (AvgIpc) is 2.38. The number of nitrogens with one attached hydrogen (secondary N) is 1. The number of morpholine rings is 1. The Morgan fingerprint density at radius 2 is 2.29 bits per heavy atom. The minimum Gasteiger partial charge on any atom is -0.469 e. The van der Waals surface area contributed by atoms with Gasteiger partial charge in [-0.05, 0) is 6.42 Å². The number of nitrogens with zero attached hydrogens (tertiary/aromatic N) is 1. The van der Waals surface area contributed by atoms with Gasteiger partial charge in [-0.3, -0.25) is 9.59 Å². The lowest BCUT2D eigenvalue weighted by Crippen LogP contribution is -2.51. The van der Waals surface area contributed by atoms with E-state index in [2.05, 4.69) is 10.1 Å². The van der Waals surface area contributed by atoms with Gasteiger partial charge in [-0.1, -0.05) is 0 Å². The lowest BCUT2D eigenvalue weighted by Gasteiger charge is -2.27. The van der Waals surface area contributed by atoms with Crippen LogP contribution >= 0.6 is 0 Å². The number of likely N-dealkylation sites (N-methyl/N-ethyl adjacent to an activating group) is 1. The fourth-order valence-electron chi connectivity index (χ4n) is 1.66. The molecular formula is C11H20N2O4. The number of amides is 1. The minimum absolute atomic E-state index is 0.00886. The van der Waals surface area contributed by atoms with Gasteiger partial charge in [0.15, 0.2) is 0 Å². The van der Waals surface area contributed by atoms with Crippen LogP contribution < -0.4 is 5.32 Å². The summed E-state index contributed by atoms with van der Waals surface area (Å²) in [5.41, 5.74) is 0. The summed E-state index contributed by atoms with van der Waals surface area (Å²) in [6.45, 7) is 2.31. The summed E-state index contributed by atoms with van der Waals surface area (Å²) in [4.78, 5) is 24.4. The first-order chi connectivity index (χ1) is 8.15. The third-order valence-corrected chi connectivity index (χ3v) is 2.70. The highest BCUT2D eigenvalue weighted by molar-refractivity contribution is 5.82. The van der Waals surface area contributed by atoms with Crippen LogP contribution in [0.3, 0.4) is 0 Å². The summed E-state index contributed by atoms with van der Waals surface area (Å²) in [5.74, 6) is -0.237. The number of methoxy groups -OCH3 is 1. The van der Waals surface area contributed by atoms with Gasteiger partial charge in [0.05, 0.1) is 20.3 Å². The molecule has 1 amide bonds. The van der Waals surface area contributed by atoms with E-state index in [0.29, 0.717) is 39.1 Å². The van der Waals surface area contributed by atoms with Gasteiger partial charge < -0.3 is 19.7 Å². The van der Waals surface area contributed by atoms with Crippen molar-refractivity contribution >= 4 is 11.9 Å². The van der Waals surface area contributed by atoms with Crippen molar-refractivity contribution < 1.29 is 19.1 Å². The second-order valence-corrected chi connectivity index (χ2v) is 4.02. The van der Waals surface area contributed by atoms with Crippen LogP contribution in [-0.4, -0.2) is 63.3 Å². The molecule has 0 bridgehead atoms. The van der Waals surface area contributed by atoms with Gasteiger partial charge in [-0.2, -0.15) is 0 Å². The fraction of sp³-hybridized carbons (Fsp3) is 0.818. The van der Waals surface area contributed by atoms with E-state index in [0.717, 1.165) is 0 Å². The molecule has 1 unspecified atom stereocenters. The summed E-state index contributed by atoms with van der Waals surface area (Å²) >= 11 is 0. The minimum atomic E-state index is -0.258. The number of ether oxygens (including phenoxy) is 2. The largest absolute Gasteiger partial charge is 0.469 e. The van der Waals surface area contributed by atoms with E-state index in [1.165, 1.54) is 7.11 Å². The third kappa shape index (κ3) is 4.70. The lowest BCUT2D eigenvalue weighted by atomic mass is 10.2. The standard InChI is InChI=1S/C11H20N2O4/c1-13(6-3-4-10(14)16-2)11(15)9-8-17-7-5-12-9/h9,12H,3-8H2,1-2H3. The van der Waals surface area contributed by atoms with E-state index in [9.17, 15) is 9.59 Å². The Balaban J connectivity index is 2.23. The molecule has 0 aromatic rings. The van der Waals surface area contributed by atoms with Crippen LogP contribution in [0, 0.1) is 0 Å². The van der Waals surface area contributed by atoms with Crippen molar-refractivity contribution in [2.24, 2.45) is 0 Å². The van der Waals surface area contributed by atoms with E-state index in [1.807, 2.05) is 0 Å². The van der Waals surface area contributed by atoms with E-state index in [-0.39, 0.29) is 17.9 Å². The lowest BCUT2D eigenvalue weighted by molar-refractivity contribution is -0.141. The number of hydrogen-bond donors (Lipinski definition) is 1. The molecule has 1 saturated heterocycles. The molecule has 6 heteroatoms. The predicted molar refractivity (Wildman–Crippen MR) is 61.5 cm³/mol. The van der Waals surface area contributed by atoms with Crippen molar-refractivity contribution in [2.75, 3.05) is 40.5 Å². The second kappa shape index (κ2) is 7.24. The molecule has 0 aromatic carbocycles. The van der Waals surface area contributed by atoms with E-state index in [1.54, 1.807) is 11.9 Å². The zero-order valence-corrected chi connectivity index (χ0v) is 10.4. The van der Waals surface area contributed by atoms with Crippen LogP contribution in [0.15, 0.2) is 0 Å². The van der Waals surface area contributed by atoms with Gasteiger partial charge in [0.2, 0.25) is 5.91 Å². The fourth-order valence-corrected chi connectivity index (χ4v) is 1.66. The quantitative estimate of drug-likeness (QED) is 0.653. The maximum atomic E-state index is 11.9. The molecule has 1 heterocycles. The molecule has 1 atom stereocenters. The molecule has 1 fully saturated rings. The van der Waals surface area contributed by atoms with Gasteiger partial charge in [0, 0.05) is 26.6 Å². The Hall–Kier alpha value is -1.14. The Labute approximate surface area is 101 Å². The van der Waals surface area contributed by atoms with Crippen molar-refractivity contribution in [1.82, 2.24) is 10.2 Å². The molecule has 1 N–H and O–H groups in total. The zero-order valence-electron chi connectivity index (χ0n) is 10.4. The molecular weight excluding hydrogens is 224 g/mol. The Morgan fingerprint density at radius 1 is 1.53 bits per heavy atom. The van der Waals surface area contributed by atoms with Gasteiger partial charge >= 0.3 is 5.97 Å². The Bertz CT molecular complexity index is 264. The van der Waals surface area contributed by atoms with Crippen LogP contribution in [0.1, 0.15) is 12.8 Å². The van der Waals surface area contributed by atoms with Crippen molar-refractivity contribution in [3.05, 3.63) is 0 Å². The number of hydrogen-bond acceptors (Lipinski definition) is 5. The van der Waals surface area contributed by atoms with Crippen molar-refractivity contribution in [3.8, 4) is 0 Å². The Morgan fingerprint density at radius 3 is 2.88 bits per heavy atom. The van der Waals surface area contributed by atoms with E-state index in [4.69, 9.17) is 4.74 Å². The van der Waals surface area contributed by atoms with Crippen LogP contribution in [0.4, 0.5) is 0 Å². The highest BCUT2D eigenvalue weighted by Gasteiger charge is 2.23. The average molecular weight is 244 g/mol. The van der Waals surface area contributed by atoms with Gasteiger partial charge in [0.25, 0.3) is 0 Å². The van der Waals surface area contributed by atoms with Gasteiger partial charge in [-0.15, -0.1) is 0 Å². The number of carbonyl (C=O) groups is 2. The highest BCUT2D eigenvalue weighted by Crippen LogP contribution is 2.01. The summed E-state index contributed by atoms with van der Waals surface area (Å²) in [6.07, 6.45) is 0.950. The van der Waals surface area contributed by atoms with Crippen molar-refractivity contribution in [1.29, 1.82) is 0 Å². The Kier molecular flexibility index (Phi) is 5.93. The summed E-state index contributed by atoms with van der Waals surface area (Å²) in [5, 5.41) is 3.10. The van der Waals surface area contributed by atoms with Crippen molar-refractivity contribution in [3.63, 3.8) is 0 Å². The third-order valence-electron chi connectivity index (χ3n) is 2.70. The monoisotopic (exact) mass is 244 g/mol. The molecule has 0 saturated carbocycles. The smallest absolute Gasteiger partial charge is 0.305 e. The van der Waals surface area contributed by atoms with Gasteiger partial charge in [0.1, 0.15) is 6.04 Å². The topological polar surface area (TPSA) is 67.9 Å². The molecule has 0 radical (unpaired) electrons. The summed E-state index contributed by atoms with van der Waals surface area (Å²) in [7, 11) is 3.09. The number of carbonyl (C=O) groups excluding carboxylic acids is 2. The van der Waals surface area contributed by atoms with Crippen LogP contribution in [-0.2, 0) is 19.1 Å². The normalized spacial score (nSPS) is 19.8. The molecule has 1 aliphatic rings. The first-order valence-corrected chi connectivity index (χ1v) is 5.78. The molecule has 1 aliphatic heterocycles. The SMILES string of the molecule is COC(=O)CCCN(C)C(=O)C1COCCN1. The van der Waals surface area contributed by atoms with Gasteiger partial charge in [-0.25, -0.2) is 0 Å². The first-order valence-electron chi connectivity index (χ1n) is 5.78. The first kappa shape index (κ1) is 13.9. The van der Waals surface area contributed by atoms with Crippen molar-refractivity contribution in [2.45, 2.75) is 18.9 Å². The predicted octanol–water partition coefficient (Wildman–Crippen LogP) is -0.614. The van der Waals surface area contributed by atoms with Crippen LogP contribution in [0.2, 0.25) is 0 Å². The molecule has 98 valence electrons. The second-order valence-electron chi connectivity index (χ2n) is 4.02. The molecule has 17 heavy (non-hydrogen) atoms. The number of rotatable bonds is 5. The maximum Gasteiger partial charge on any atom is 0.305 e. The zero-order chi connectivity index (χ0) is 12.7. The van der Waals surface area contributed by atoms with E-state index < -0.39 is 0 Å². The molecule has 0 spiro atoms. The highest BCUT2D eigenvalue weighted by atomic mass is 16.5. The van der Waals surface area contributed by atoms with E-state index >= 15 is 0 Å². The number of esters is 1. The molecule has 0 aromatic heterocycles. The molecule has 1 rings (SSSR count).